The highest BCUT2D eigenvalue weighted by Crippen LogP contribution is 2.35. The Hall–Kier alpha value is -6.02. The van der Waals surface area contributed by atoms with Crippen LogP contribution in [0.4, 0.5) is 21.6 Å². The number of hydrogen-bond acceptors (Lipinski definition) is 13. The zero-order valence-electron chi connectivity index (χ0n) is 44.6. The van der Waals surface area contributed by atoms with Crippen LogP contribution >= 0.6 is 22.9 Å². The Kier molecular flexibility index (Phi) is 23.0. The number of nitrogens with one attached hydrogen (secondary N) is 4. The van der Waals surface area contributed by atoms with Crippen LogP contribution < -0.4 is 26.0 Å². The first kappa shape index (κ1) is 59.2. The van der Waals surface area contributed by atoms with Gasteiger partial charge in [0.1, 0.15) is 35.8 Å². The maximum atomic E-state index is 14.0. The Morgan fingerprint density at radius 2 is 1.62 bits per heavy atom. The second kappa shape index (κ2) is 29.5. The van der Waals surface area contributed by atoms with Gasteiger partial charge in [0.15, 0.2) is 0 Å². The highest BCUT2D eigenvalue weighted by atomic mass is 35.5. The van der Waals surface area contributed by atoms with Crippen molar-refractivity contribution >= 4 is 74.7 Å². The van der Waals surface area contributed by atoms with Crippen LogP contribution in [0.15, 0.2) is 84.5 Å². The van der Waals surface area contributed by atoms with E-state index in [1.165, 1.54) is 39.9 Å². The number of carbonyl (C=O) groups excluding carboxylic acids is 4. The van der Waals surface area contributed by atoms with Gasteiger partial charge in [-0.05, 0) is 117 Å². The highest BCUT2D eigenvalue weighted by molar-refractivity contribution is 7.13. The molecule has 3 aromatic carbocycles. The van der Waals surface area contributed by atoms with E-state index in [1.54, 1.807) is 35.6 Å². The number of unbranched alkanes of at least 4 members (excludes halogenated alkanes) is 4. The minimum Gasteiger partial charge on any atom is -0.491 e. The van der Waals surface area contributed by atoms with Gasteiger partial charge in [0.05, 0.1) is 28.9 Å². The molecule has 1 aliphatic heterocycles. The number of likely N-dealkylation sites (tertiary alicyclic amines) is 1. The number of rotatable bonds is 29. The average molecular weight is 1090 g/mol. The number of hydrogen-bond donors (Lipinski definition) is 5. The smallest absolute Gasteiger partial charge is 0.248 e. The van der Waals surface area contributed by atoms with Crippen molar-refractivity contribution in [2.24, 2.45) is 5.41 Å². The molecule has 0 radical (unpaired) electrons. The van der Waals surface area contributed by atoms with Crippen LogP contribution in [-0.2, 0) is 35.2 Å². The number of benzene rings is 3. The van der Waals surface area contributed by atoms with E-state index >= 15 is 0 Å². The largest absolute Gasteiger partial charge is 0.491 e. The number of amides is 4. The van der Waals surface area contributed by atoms with E-state index in [2.05, 4.69) is 49.6 Å². The number of β-amino-alcohol motifs (C(OH)–C–C–N with tert-alkyl or cyclic N) is 1. The zero-order chi connectivity index (χ0) is 54.6. The molecule has 16 nitrogen and oxygen atoms in total. The lowest BCUT2D eigenvalue weighted by atomic mass is 9.85. The van der Waals surface area contributed by atoms with Gasteiger partial charge in [-0.15, -0.1) is 11.3 Å². The topological polar surface area (TPSA) is 197 Å². The van der Waals surface area contributed by atoms with E-state index in [0.717, 1.165) is 43.2 Å². The van der Waals surface area contributed by atoms with E-state index in [4.69, 9.17) is 25.8 Å². The predicted molar refractivity (Wildman–Crippen MR) is 298 cm³/mol. The van der Waals surface area contributed by atoms with E-state index in [1.807, 2.05) is 64.0 Å². The Balaban J connectivity index is 0.834. The number of halogens is 2. The number of thiophene rings is 1. The molecule has 3 atom stereocenters. The fourth-order valence-electron chi connectivity index (χ4n) is 8.53. The number of anilines is 3. The van der Waals surface area contributed by atoms with Crippen LogP contribution in [0.25, 0.3) is 21.3 Å². The van der Waals surface area contributed by atoms with Gasteiger partial charge in [0.25, 0.3) is 0 Å². The third-order valence-electron chi connectivity index (χ3n) is 12.7. The number of ether oxygens (including phenoxy) is 3. The third-order valence-corrected chi connectivity index (χ3v) is 14.1. The van der Waals surface area contributed by atoms with Gasteiger partial charge in [0, 0.05) is 87.0 Å². The standard InChI is InChI=1S/C57H74ClFN8O8S/c1-38-23-30-76-52(38)40-19-17-39(18-20-40)35-60-55(71)48-32-42(68)36-67(48)56(72)53(57(2,3)4)65-51(70)15-8-7-9-25-73-26-10-11-27-74-28-12-13-29-75-49-34-46-43(33-47(49)64-50(69)16-14-24-66(5)6)54(62-37-61-46)63-41-21-22-45(59)44(58)31-41/h14,16-23,30-31,33-34,37,42,48,53,68H,7-13,15,24-29,32,35-36H2,1-6H3,(H,60,71)(H,64,69)(H,65,70)(H,61,62,63)/b16-14+/t42-,48+,53-/m1/s1. The SMILES string of the molecule is Cc1ccsc1-c1ccc(CNC(=O)[C@@H]2C[C@@H](O)CN2C(=O)[C@@H](NC(=O)CCCCCOCCCCOCCCCOc2cc3ncnc(Nc4ccc(F)c(Cl)c4)c3cc2NC(=O)/C=C/CN(C)C)C(C)(C)C)cc1. The van der Waals surface area contributed by atoms with Gasteiger partial charge < -0.3 is 50.4 Å². The summed E-state index contributed by atoms with van der Waals surface area (Å²) in [5.41, 5.74) is 4.18. The van der Waals surface area contributed by atoms with Crippen LogP contribution in [0.3, 0.4) is 0 Å². The Labute approximate surface area is 455 Å². The average Bonchev–Trinajstić information content (AvgIpc) is 4.00. The summed E-state index contributed by atoms with van der Waals surface area (Å²) in [6.45, 7) is 11.4. The van der Waals surface area contributed by atoms with Gasteiger partial charge in [0.2, 0.25) is 23.6 Å². The molecule has 19 heteroatoms. The Morgan fingerprint density at radius 1 is 0.921 bits per heavy atom. The molecule has 0 spiro atoms. The molecule has 0 saturated carbocycles. The summed E-state index contributed by atoms with van der Waals surface area (Å²) < 4.78 is 31.7. The summed E-state index contributed by atoms with van der Waals surface area (Å²) in [5, 5.41) is 25.2. The zero-order valence-corrected chi connectivity index (χ0v) is 46.2. The molecule has 5 aromatic rings. The van der Waals surface area contributed by atoms with E-state index in [-0.39, 0.29) is 54.6 Å². The van der Waals surface area contributed by atoms with Crippen LogP contribution in [0.2, 0.25) is 5.02 Å². The third kappa shape index (κ3) is 18.3. The van der Waals surface area contributed by atoms with Crippen molar-refractivity contribution in [3.8, 4) is 16.2 Å². The van der Waals surface area contributed by atoms with Crippen LogP contribution in [-0.4, -0.2) is 127 Å². The number of aromatic nitrogens is 2. The lowest BCUT2D eigenvalue weighted by molar-refractivity contribution is -0.144. The summed E-state index contributed by atoms with van der Waals surface area (Å²) >= 11 is 7.70. The monoisotopic (exact) mass is 1080 g/mol. The normalized spacial score (nSPS) is 15.1. The quantitative estimate of drug-likeness (QED) is 0.0225. The molecule has 1 fully saturated rings. The molecule has 1 saturated heterocycles. The maximum Gasteiger partial charge on any atom is 0.248 e. The van der Waals surface area contributed by atoms with E-state index < -0.39 is 29.4 Å². The molecule has 0 unspecified atom stereocenters. The van der Waals surface area contributed by atoms with Crippen LogP contribution in [0.1, 0.15) is 89.7 Å². The lowest BCUT2D eigenvalue weighted by Crippen LogP contribution is -2.57. The van der Waals surface area contributed by atoms with Crippen LogP contribution in [0.5, 0.6) is 5.75 Å². The van der Waals surface area contributed by atoms with Crippen molar-refractivity contribution in [3.05, 3.63) is 106 Å². The van der Waals surface area contributed by atoms with Crippen molar-refractivity contribution in [2.75, 3.05) is 70.9 Å². The molecule has 4 amide bonds. The second-order valence-electron chi connectivity index (χ2n) is 20.4. The molecular weight excluding hydrogens is 1010 g/mol. The number of likely N-dealkylation sites (N-methyl/N-ethyl adjacent to an activating group) is 1. The van der Waals surface area contributed by atoms with Crippen molar-refractivity contribution in [3.63, 3.8) is 0 Å². The Bertz CT molecular complexity index is 2730. The number of aliphatic hydroxyl groups is 1. The van der Waals surface area contributed by atoms with Crippen LogP contribution in [0, 0.1) is 18.2 Å². The summed E-state index contributed by atoms with van der Waals surface area (Å²) in [4.78, 5) is 66.9. The van der Waals surface area contributed by atoms with Crippen molar-refractivity contribution in [2.45, 2.75) is 110 Å². The molecule has 6 rings (SSSR count). The molecule has 1 aliphatic rings. The molecule has 0 aliphatic carbocycles. The molecule has 3 heterocycles. The molecular formula is C57H74ClFN8O8S. The van der Waals surface area contributed by atoms with Gasteiger partial charge >= 0.3 is 0 Å². The second-order valence-corrected chi connectivity index (χ2v) is 21.7. The minimum atomic E-state index is -0.874. The fraction of sp³-hybridized carbons (Fsp3) is 0.474. The van der Waals surface area contributed by atoms with E-state index in [9.17, 15) is 28.7 Å². The first-order valence-corrected chi connectivity index (χ1v) is 27.3. The van der Waals surface area contributed by atoms with Crippen molar-refractivity contribution < 1.29 is 42.9 Å². The number of fused-ring (bicyclic) bond motifs is 1. The molecule has 0 bridgehead atoms. The summed E-state index contributed by atoms with van der Waals surface area (Å²) in [6.07, 6.45) is 9.61. The first-order valence-electron chi connectivity index (χ1n) is 26.1. The van der Waals surface area contributed by atoms with Gasteiger partial charge in [-0.1, -0.05) is 69.1 Å². The first-order chi connectivity index (χ1) is 36.5. The summed E-state index contributed by atoms with van der Waals surface area (Å²) in [6, 6.07) is 16.2. The van der Waals surface area contributed by atoms with Crippen molar-refractivity contribution in [1.29, 1.82) is 0 Å². The summed E-state index contributed by atoms with van der Waals surface area (Å²) in [7, 11) is 3.83. The minimum absolute atomic E-state index is 0.0206. The predicted octanol–water partition coefficient (Wildman–Crippen LogP) is 9.60. The Morgan fingerprint density at radius 3 is 2.28 bits per heavy atom. The van der Waals surface area contributed by atoms with Gasteiger partial charge in [-0.2, -0.15) is 0 Å². The molecule has 5 N–H and O–H groups in total. The number of nitrogens with zero attached hydrogens (tertiary/aromatic N) is 4. The summed E-state index contributed by atoms with van der Waals surface area (Å²) in [5.74, 6) is -0.902. The van der Waals surface area contributed by atoms with Gasteiger partial charge in [-0.25, -0.2) is 14.4 Å². The molecule has 410 valence electrons. The molecule has 76 heavy (non-hydrogen) atoms. The lowest BCUT2D eigenvalue weighted by Gasteiger charge is -2.35. The maximum absolute atomic E-state index is 14.0. The van der Waals surface area contributed by atoms with Crippen molar-refractivity contribution in [1.82, 2.24) is 30.4 Å². The fourth-order valence-corrected chi connectivity index (χ4v) is 9.64. The highest BCUT2D eigenvalue weighted by Gasteiger charge is 2.44. The number of aliphatic hydroxyl groups excluding tert-OH is 1. The molecule has 2 aromatic heterocycles. The van der Waals surface area contributed by atoms with E-state index in [0.29, 0.717) is 86.3 Å². The number of carbonyl (C=O) groups is 4. The van der Waals surface area contributed by atoms with Gasteiger partial charge in [-0.3, -0.25) is 19.2 Å². The number of aryl methyl sites for hydroxylation is 1.